The zero-order valence-electron chi connectivity index (χ0n) is 12.0. The summed E-state index contributed by atoms with van der Waals surface area (Å²) in [7, 11) is 3.37. The highest BCUT2D eigenvalue weighted by atomic mass is 79.9. The number of alkyl halides is 1. The van der Waals surface area contributed by atoms with Gasteiger partial charge in [-0.3, -0.25) is 0 Å². The Morgan fingerprint density at radius 3 is 2.32 bits per heavy atom. The second-order valence-corrected chi connectivity index (χ2v) is 5.40. The van der Waals surface area contributed by atoms with Crippen molar-refractivity contribution in [3.63, 3.8) is 0 Å². The summed E-state index contributed by atoms with van der Waals surface area (Å²) in [5, 5.41) is 1.07. The lowest BCUT2D eigenvalue weighted by Gasteiger charge is -2.08. The summed E-state index contributed by atoms with van der Waals surface area (Å²) < 4.78 is 10.6. The van der Waals surface area contributed by atoms with Crippen molar-refractivity contribution >= 4 is 15.9 Å². The predicted octanol–water partition coefficient (Wildman–Crippen LogP) is 4.76. The molecule has 0 amide bonds. The summed E-state index contributed by atoms with van der Waals surface area (Å²) >= 11 is 3.46. The maximum absolute atomic E-state index is 5.28. The molecule has 1 rings (SSSR count). The number of aryl methyl sites for hydroxylation is 1. The molecule has 0 fully saturated rings. The van der Waals surface area contributed by atoms with Crippen LogP contribution in [0, 0.1) is 0 Å². The second kappa shape index (κ2) is 9.03. The Bertz CT molecular complexity index is 391. The van der Waals surface area contributed by atoms with E-state index >= 15 is 0 Å². The number of benzene rings is 1. The minimum Gasteiger partial charge on any atom is -0.497 e. The minimum atomic E-state index is 0.856. The molecule has 0 aromatic heterocycles. The van der Waals surface area contributed by atoms with Gasteiger partial charge in [-0.15, -0.1) is 0 Å². The summed E-state index contributed by atoms with van der Waals surface area (Å²) in [6.07, 6.45) is 6.78. The number of allylic oxidation sites excluding steroid dienone is 2. The van der Waals surface area contributed by atoms with E-state index in [9.17, 15) is 0 Å². The molecule has 0 atom stereocenters. The molecule has 19 heavy (non-hydrogen) atoms. The van der Waals surface area contributed by atoms with Crippen molar-refractivity contribution in [1.29, 1.82) is 0 Å². The first-order valence-electron chi connectivity index (χ1n) is 6.63. The van der Waals surface area contributed by atoms with Crippen molar-refractivity contribution in [3.8, 4) is 11.5 Å². The number of hydrogen-bond donors (Lipinski definition) is 0. The summed E-state index contributed by atoms with van der Waals surface area (Å²) in [6, 6.07) is 6.05. The number of hydrogen-bond acceptors (Lipinski definition) is 2. The van der Waals surface area contributed by atoms with E-state index in [4.69, 9.17) is 9.47 Å². The molecule has 0 saturated carbocycles. The molecule has 1 aromatic rings. The normalized spacial score (nSPS) is 11.5. The van der Waals surface area contributed by atoms with Gasteiger partial charge in [0.05, 0.1) is 14.2 Å². The molecule has 0 aliphatic rings. The maximum atomic E-state index is 5.28. The lowest BCUT2D eigenvalue weighted by Crippen LogP contribution is -1.91. The first-order chi connectivity index (χ1) is 9.19. The fraction of sp³-hybridized carbons (Fsp3) is 0.500. The first kappa shape index (κ1) is 16.1. The van der Waals surface area contributed by atoms with E-state index in [1.54, 1.807) is 14.2 Å². The van der Waals surface area contributed by atoms with Crippen LogP contribution >= 0.6 is 15.9 Å². The van der Waals surface area contributed by atoms with Gasteiger partial charge in [-0.05, 0) is 50.3 Å². The van der Waals surface area contributed by atoms with E-state index in [1.165, 1.54) is 24.0 Å². The van der Waals surface area contributed by atoms with E-state index < -0.39 is 0 Å². The molecule has 106 valence electrons. The van der Waals surface area contributed by atoms with Gasteiger partial charge in [0.25, 0.3) is 0 Å². The number of ether oxygens (including phenoxy) is 2. The second-order valence-electron chi connectivity index (χ2n) is 4.60. The SMILES string of the molecule is COc1cc(CC/C=C(\C)CCCBr)cc(OC)c1. The molecular weight excluding hydrogens is 304 g/mol. The molecule has 1 aromatic carbocycles. The third-order valence-corrected chi connectivity index (χ3v) is 3.60. The van der Waals surface area contributed by atoms with Crippen molar-refractivity contribution in [2.75, 3.05) is 19.5 Å². The molecular formula is C16H23BrO2. The molecule has 0 saturated heterocycles. The van der Waals surface area contributed by atoms with Gasteiger partial charge < -0.3 is 9.47 Å². The zero-order valence-corrected chi connectivity index (χ0v) is 13.6. The van der Waals surface area contributed by atoms with E-state index in [1.807, 2.05) is 6.07 Å². The Balaban J connectivity index is 2.57. The first-order valence-corrected chi connectivity index (χ1v) is 7.75. The molecule has 0 heterocycles. The van der Waals surface area contributed by atoms with Crippen molar-refractivity contribution in [2.24, 2.45) is 0 Å². The highest BCUT2D eigenvalue weighted by molar-refractivity contribution is 9.09. The molecule has 0 bridgehead atoms. The van der Waals surface area contributed by atoms with E-state index in [-0.39, 0.29) is 0 Å². The lowest BCUT2D eigenvalue weighted by atomic mass is 10.1. The van der Waals surface area contributed by atoms with Crippen molar-refractivity contribution in [3.05, 3.63) is 35.4 Å². The van der Waals surface area contributed by atoms with Crippen LogP contribution in [0.1, 0.15) is 31.7 Å². The van der Waals surface area contributed by atoms with Crippen LogP contribution in [-0.2, 0) is 6.42 Å². The van der Waals surface area contributed by atoms with Gasteiger partial charge in [-0.25, -0.2) is 0 Å². The van der Waals surface area contributed by atoms with E-state index in [0.717, 1.165) is 29.7 Å². The minimum absolute atomic E-state index is 0.856. The van der Waals surface area contributed by atoms with Gasteiger partial charge in [0.1, 0.15) is 11.5 Å². The summed E-state index contributed by atoms with van der Waals surface area (Å²) in [5.74, 6) is 1.71. The zero-order chi connectivity index (χ0) is 14.1. The van der Waals surface area contributed by atoms with Crippen LogP contribution in [-0.4, -0.2) is 19.5 Å². The average Bonchev–Trinajstić information content (AvgIpc) is 2.44. The van der Waals surface area contributed by atoms with Crippen molar-refractivity contribution in [1.82, 2.24) is 0 Å². The average molecular weight is 327 g/mol. The molecule has 0 aliphatic carbocycles. The fourth-order valence-electron chi connectivity index (χ4n) is 1.94. The number of halogens is 1. The largest absolute Gasteiger partial charge is 0.497 e. The van der Waals surface area contributed by atoms with Crippen LogP contribution < -0.4 is 9.47 Å². The number of methoxy groups -OCH3 is 2. The van der Waals surface area contributed by atoms with Crippen LogP contribution in [0.3, 0.4) is 0 Å². The van der Waals surface area contributed by atoms with Gasteiger partial charge in [0.15, 0.2) is 0 Å². The summed E-state index contributed by atoms with van der Waals surface area (Å²) in [5.41, 5.74) is 2.72. The monoisotopic (exact) mass is 326 g/mol. The Morgan fingerprint density at radius 1 is 1.16 bits per heavy atom. The standard InChI is InChI=1S/C16H23BrO2/c1-13(7-5-9-17)6-4-8-14-10-15(18-2)12-16(11-14)19-3/h6,10-12H,4-5,7-9H2,1-3H3/b13-6+. The Labute approximate surface area is 124 Å². The van der Waals surface area contributed by atoms with Crippen LogP contribution in [0.2, 0.25) is 0 Å². The topological polar surface area (TPSA) is 18.5 Å². The fourth-order valence-corrected chi connectivity index (χ4v) is 2.22. The summed E-state index contributed by atoms with van der Waals surface area (Å²) in [6.45, 7) is 2.20. The molecule has 2 nitrogen and oxygen atoms in total. The van der Waals surface area contributed by atoms with Crippen molar-refractivity contribution < 1.29 is 9.47 Å². The van der Waals surface area contributed by atoms with Gasteiger partial charge in [0.2, 0.25) is 0 Å². The van der Waals surface area contributed by atoms with E-state index in [0.29, 0.717) is 0 Å². The van der Waals surface area contributed by atoms with Crippen LogP contribution in [0.4, 0.5) is 0 Å². The maximum Gasteiger partial charge on any atom is 0.122 e. The Morgan fingerprint density at radius 2 is 1.79 bits per heavy atom. The molecule has 0 radical (unpaired) electrons. The highest BCUT2D eigenvalue weighted by Gasteiger charge is 2.01. The predicted molar refractivity (Wildman–Crippen MR) is 84.7 cm³/mol. The molecule has 0 spiro atoms. The Kier molecular flexibility index (Phi) is 7.65. The summed E-state index contributed by atoms with van der Waals surface area (Å²) in [4.78, 5) is 0. The van der Waals surface area contributed by atoms with Crippen LogP contribution in [0.25, 0.3) is 0 Å². The third kappa shape index (κ3) is 6.15. The van der Waals surface area contributed by atoms with Gasteiger partial charge >= 0.3 is 0 Å². The van der Waals surface area contributed by atoms with Crippen LogP contribution in [0.15, 0.2) is 29.8 Å². The lowest BCUT2D eigenvalue weighted by molar-refractivity contribution is 0.393. The smallest absolute Gasteiger partial charge is 0.122 e. The molecule has 3 heteroatoms. The van der Waals surface area contributed by atoms with Gasteiger partial charge in [0, 0.05) is 11.4 Å². The molecule has 0 N–H and O–H groups in total. The van der Waals surface area contributed by atoms with Gasteiger partial charge in [-0.2, -0.15) is 0 Å². The van der Waals surface area contributed by atoms with Crippen molar-refractivity contribution in [2.45, 2.75) is 32.6 Å². The Hall–Kier alpha value is -0.960. The highest BCUT2D eigenvalue weighted by Crippen LogP contribution is 2.23. The number of rotatable bonds is 8. The molecule has 0 unspecified atom stereocenters. The van der Waals surface area contributed by atoms with Gasteiger partial charge in [-0.1, -0.05) is 27.6 Å². The van der Waals surface area contributed by atoms with E-state index in [2.05, 4.69) is 41.1 Å². The quantitative estimate of drug-likeness (QED) is 0.506. The van der Waals surface area contributed by atoms with Crippen LogP contribution in [0.5, 0.6) is 11.5 Å². The third-order valence-electron chi connectivity index (χ3n) is 3.04. The molecule has 0 aliphatic heterocycles.